The first kappa shape index (κ1) is 21.5. The molecule has 4 aromatic rings. The fourth-order valence-electron chi connectivity index (χ4n) is 4.05. The first-order valence-electron chi connectivity index (χ1n) is 11.1. The third-order valence-corrected chi connectivity index (χ3v) is 5.81. The highest BCUT2D eigenvalue weighted by atomic mass is 16.6. The maximum atomic E-state index is 12.9. The number of cyclic esters (lactones) is 1. The van der Waals surface area contributed by atoms with Gasteiger partial charge in [0.1, 0.15) is 6.61 Å². The van der Waals surface area contributed by atoms with E-state index in [4.69, 9.17) is 4.74 Å². The van der Waals surface area contributed by atoms with Gasteiger partial charge in [-0.15, -0.1) is 0 Å². The molecule has 1 aliphatic rings. The number of benzene rings is 3. The van der Waals surface area contributed by atoms with Gasteiger partial charge in [-0.05, 0) is 46.5 Å². The van der Waals surface area contributed by atoms with E-state index in [9.17, 15) is 9.59 Å². The lowest BCUT2D eigenvalue weighted by molar-refractivity contribution is 0.0951. The Balaban J connectivity index is 1.28. The number of ether oxygens (including phenoxy) is 1. The van der Waals surface area contributed by atoms with Gasteiger partial charge in [-0.25, -0.2) is 4.79 Å². The van der Waals surface area contributed by atoms with Gasteiger partial charge in [0.05, 0.1) is 13.1 Å². The number of nitrogens with zero attached hydrogens (tertiary/aromatic N) is 3. The van der Waals surface area contributed by atoms with Crippen LogP contribution in [0.5, 0.6) is 0 Å². The van der Waals surface area contributed by atoms with Crippen molar-refractivity contribution in [2.45, 2.75) is 13.1 Å². The number of rotatable bonds is 7. The monoisotopic (exact) mass is 452 g/mol. The predicted molar refractivity (Wildman–Crippen MR) is 130 cm³/mol. The number of nitrogens with one attached hydrogen (secondary N) is 1. The van der Waals surface area contributed by atoms with E-state index in [2.05, 4.69) is 40.7 Å². The molecule has 1 aromatic heterocycles. The van der Waals surface area contributed by atoms with Crippen molar-refractivity contribution in [3.05, 3.63) is 108 Å². The van der Waals surface area contributed by atoms with Crippen LogP contribution in [0.1, 0.15) is 21.5 Å². The van der Waals surface area contributed by atoms with Crippen LogP contribution in [0.15, 0.2) is 91.3 Å². The third kappa shape index (κ3) is 4.68. The lowest BCUT2D eigenvalue weighted by Gasteiger charge is -2.14. The number of hydrogen-bond donors (Lipinski definition) is 1. The average molecular weight is 453 g/mol. The van der Waals surface area contributed by atoms with E-state index in [1.165, 1.54) is 10.5 Å². The van der Waals surface area contributed by atoms with Crippen LogP contribution in [0.3, 0.4) is 0 Å². The van der Waals surface area contributed by atoms with Crippen LogP contribution < -0.4 is 10.2 Å². The molecule has 0 unspecified atom stereocenters. The minimum atomic E-state index is -0.387. The van der Waals surface area contributed by atoms with E-state index in [0.717, 1.165) is 23.2 Å². The van der Waals surface area contributed by atoms with Crippen molar-refractivity contribution in [2.24, 2.45) is 0 Å². The summed E-state index contributed by atoms with van der Waals surface area (Å²) < 4.78 is 6.89. The molecule has 1 saturated heterocycles. The molecule has 0 saturated carbocycles. The Hall–Kier alpha value is -4.39. The first-order valence-corrected chi connectivity index (χ1v) is 11.1. The van der Waals surface area contributed by atoms with E-state index in [1.54, 1.807) is 30.5 Å². The van der Waals surface area contributed by atoms with Gasteiger partial charge < -0.3 is 10.1 Å². The van der Waals surface area contributed by atoms with E-state index in [1.807, 2.05) is 35.1 Å². The predicted octanol–water partition coefficient (Wildman–Crippen LogP) is 4.49. The van der Waals surface area contributed by atoms with Gasteiger partial charge >= 0.3 is 6.09 Å². The molecule has 0 atom stereocenters. The zero-order valence-electron chi connectivity index (χ0n) is 18.6. The molecule has 2 heterocycles. The molecular weight excluding hydrogens is 428 g/mol. The highest BCUT2D eigenvalue weighted by Gasteiger charge is 2.24. The maximum Gasteiger partial charge on any atom is 0.414 e. The third-order valence-electron chi connectivity index (χ3n) is 5.81. The highest BCUT2D eigenvalue weighted by Crippen LogP contribution is 2.25. The van der Waals surface area contributed by atoms with Crippen molar-refractivity contribution in [1.82, 2.24) is 15.1 Å². The Morgan fingerprint density at radius 3 is 2.62 bits per heavy atom. The van der Waals surface area contributed by atoms with Crippen molar-refractivity contribution in [2.75, 3.05) is 18.1 Å². The molecule has 5 rings (SSSR count). The lowest BCUT2D eigenvalue weighted by Crippen LogP contribution is -2.25. The summed E-state index contributed by atoms with van der Waals surface area (Å²) in [7, 11) is 0. The lowest BCUT2D eigenvalue weighted by atomic mass is 9.98. The van der Waals surface area contributed by atoms with Gasteiger partial charge in [-0.3, -0.25) is 14.4 Å². The summed E-state index contributed by atoms with van der Waals surface area (Å²) in [6, 6.07) is 25.4. The number of hydrogen-bond acceptors (Lipinski definition) is 4. The molecule has 1 aliphatic heterocycles. The van der Waals surface area contributed by atoms with E-state index >= 15 is 0 Å². The van der Waals surface area contributed by atoms with Crippen LogP contribution in [-0.2, 0) is 17.8 Å². The van der Waals surface area contributed by atoms with Gasteiger partial charge in [-0.2, -0.15) is 5.10 Å². The summed E-state index contributed by atoms with van der Waals surface area (Å²) in [5.74, 6) is -0.196. The zero-order valence-corrected chi connectivity index (χ0v) is 18.6. The normalized spacial score (nSPS) is 13.1. The fraction of sp³-hybridized carbons (Fsp3) is 0.148. The molecule has 0 bridgehead atoms. The van der Waals surface area contributed by atoms with Gasteiger partial charge in [0.2, 0.25) is 0 Å². The number of carbonyl (C=O) groups excluding carboxylic acids is 2. The summed E-state index contributed by atoms with van der Waals surface area (Å²) in [6.07, 6.45) is 3.33. The Kier molecular flexibility index (Phi) is 6.07. The van der Waals surface area contributed by atoms with Crippen LogP contribution in [0, 0.1) is 0 Å². The molecule has 7 nitrogen and oxygen atoms in total. The SMILES string of the molecule is O=C(NCc1ccccc1-c1ccc(Cn2cccn2)cc1)c1cccc(N2CCOC2=O)c1. The maximum absolute atomic E-state index is 12.9. The van der Waals surface area contributed by atoms with Crippen molar-refractivity contribution in [3.63, 3.8) is 0 Å². The molecular formula is C27H24N4O3. The number of carbonyl (C=O) groups is 2. The molecule has 34 heavy (non-hydrogen) atoms. The molecule has 2 amide bonds. The Labute approximate surface area is 197 Å². The average Bonchev–Trinajstić information content (AvgIpc) is 3.55. The van der Waals surface area contributed by atoms with E-state index < -0.39 is 0 Å². The van der Waals surface area contributed by atoms with Gasteiger partial charge in [0.15, 0.2) is 0 Å². The molecule has 0 aliphatic carbocycles. The number of aromatic nitrogens is 2. The van der Waals surface area contributed by atoms with Gasteiger partial charge in [-0.1, -0.05) is 54.6 Å². The summed E-state index contributed by atoms with van der Waals surface area (Å²) in [5.41, 5.74) is 5.50. The smallest absolute Gasteiger partial charge is 0.414 e. The first-order chi connectivity index (χ1) is 16.7. The second-order valence-corrected chi connectivity index (χ2v) is 8.06. The topological polar surface area (TPSA) is 76.5 Å². The number of amides is 2. The van der Waals surface area contributed by atoms with Crippen molar-refractivity contribution >= 4 is 17.7 Å². The highest BCUT2D eigenvalue weighted by molar-refractivity contribution is 5.97. The number of anilines is 1. The van der Waals surface area contributed by atoms with E-state index in [0.29, 0.717) is 30.9 Å². The van der Waals surface area contributed by atoms with Crippen molar-refractivity contribution in [3.8, 4) is 11.1 Å². The quantitative estimate of drug-likeness (QED) is 0.448. The van der Waals surface area contributed by atoms with E-state index in [-0.39, 0.29) is 12.0 Å². The van der Waals surface area contributed by atoms with Crippen LogP contribution >= 0.6 is 0 Å². The van der Waals surface area contributed by atoms with Crippen molar-refractivity contribution < 1.29 is 14.3 Å². The van der Waals surface area contributed by atoms with Crippen LogP contribution in [-0.4, -0.2) is 34.9 Å². The Bertz CT molecular complexity index is 1300. The Morgan fingerprint density at radius 1 is 1.00 bits per heavy atom. The molecule has 3 aromatic carbocycles. The molecule has 0 spiro atoms. The Morgan fingerprint density at radius 2 is 1.85 bits per heavy atom. The van der Waals surface area contributed by atoms with Gasteiger partial charge in [0, 0.05) is 30.2 Å². The summed E-state index contributed by atoms with van der Waals surface area (Å²) in [4.78, 5) is 26.2. The van der Waals surface area contributed by atoms with Crippen LogP contribution in [0.2, 0.25) is 0 Å². The molecule has 0 radical (unpaired) electrons. The van der Waals surface area contributed by atoms with Gasteiger partial charge in [0.25, 0.3) is 5.91 Å². The minimum absolute atomic E-state index is 0.196. The largest absolute Gasteiger partial charge is 0.447 e. The molecule has 170 valence electrons. The second-order valence-electron chi connectivity index (χ2n) is 8.06. The zero-order chi connectivity index (χ0) is 23.3. The van der Waals surface area contributed by atoms with Crippen molar-refractivity contribution in [1.29, 1.82) is 0 Å². The second kappa shape index (κ2) is 9.62. The summed E-state index contributed by atoms with van der Waals surface area (Å²) >= 11 is 0. The fourth-order valence-corrected chi connectivity index (χ4v) is 4.05. The standard InChI is InChI=1S/C27H24N4O3/c32-26(22-6-3-7-24(17-22)31-15-16-34-27(31)33)28-18-23-5-1-2-8-25(23)21-11-9-20(10-12-21)19-30-14-4-13-29-30/h1-14,17H,15-16,18-19H2,(H,28,32). The molecule has 1 N–H and O–H groups in total. The summed E-state index contributed by atoms with van der Waals surface area (Å²) in [5, 5.41) is 7.26. The molecule has 7 heteroatoms. The molecule has 1 fully saturated rings. The van der Waals surface area contributed by atoms with Crippen LogP contribution in [0.25, 0.3) is 11.1 Å². The minimum Gasteiger partial charge on any atom is -0.447 e. The van der Waals surface area contributed by atoms with Crippen LogP contribution in [0.4, 0.5) is 10.5 Å². The summed E-state index contributed by atoms with van der Waals surface area (Å²) in [6.45, 7) is 1.95.